The van der Waals surface area contributed by atoms with Crippen LogP contribution in [0, 0.1) is 5.82 Å². The maximum absolute atomic E-state index is 13.4. The predicted octanol–water partition coefficient (Wildman–Crippen LogP) is 4.84. The molecule has 0 saturated carbocycles. The summed E-state index contributed by atoms with van der Waals surface area (Å²) in [6.45, 7) is -0.359. The second-order valence-electron chi connectivity index (χ2n) is 9.01. The van der Waals surface area contributed by atoms with Gasteiger partial charge in [-0.25, -0.2) is 12.8 Å². The highest BCUT2D eigenvalue weighted by molar-refractivity contribution is 7.89. The van der Waals surface area contributed by atoms with E-state index in [2.05, 4.69) is 5.32 Å². The molecule has 4 aromatic rings. The van der Waals surface area contributed by atoms with Crippen LogP contribution in [0.15, 0.2) is 95.9 Å². The summed E-state index contributed by atoms with van der Waals surface area (Å²) in [5.41, 5.74) is 2.20. The van der Waals surface area contributed by atoms with Crippen molar-refractivity contribution in [3.05, 3.63) is 108 Å². The smallest absolute Gasteiger partial charge is 0.308 e. The third kappa shape index (κ3) is 5.44. The van der Waals surface area contributed by atoms with E-state index < -0.39 is 40.4 Å². The first-order valence-electron chi connectivity index (χ1n) is 12.1. The molecule has 5 rings (SSSR count). The van der Waals surface area contributed by atoms with Gasteiger partial charge in [-0.1, -0.05) is 54.6 Å². The third-order valence-corrected chi connectivity index (χ3v) is 8.46. The number of benzene rings is 4. The Bertz CT molecular complexity index is 1610. The molecule has 1 heterocycles. The van der Waals surface area contributed by atoms with Crippen molar-refractivity contribution in [3.63, 3.8) is 0 Å². The van der Waals surface area contributed by atoms with Gasteiger partial charge < -0.3 is 10.1 Å². The largest absolute Gasteiger partial charge is 0.456 e. The number of fused-ring (bicyclic) bond motifs is 2. The Balaban J connectivity index is 1.29. The van der Waals surface area contributed by atoms with Crippen molar-refractivity contribution in [1.82, 2.24) is 4.31 Å². The molecule has 1 aliphatic heterocycles. The van der Waals surface area contributed by atoms with E-state index in [0.717, 1.165) is 28.5 Å². The fraction of sp³-hybridized carbons (Fsp3) is 0.172. The summed E-state index contributed by atoms with van der Waals surface area (Å²) in [6.07, 6.45) is 0.191. The van der Waals surface area contributed by atoms with Gasteiger partial charge >= 0.3 is 5.97 Å². The number of sulfonamides is 1. The zero-order chi connectivity index (χ0) is 26.7. The van der Waals surface area contributed by atoms with Gasteiger partial charge in [0.25, 0.3) is 5.91 Å². The highest BCUT2D eigenvalue weighted by Gasteiger charge is 2.38. The van der Waals surface area contributed by atoms with E-state index in [1.54, 1.807) is 18.2 Å². The molecule has 0 bridgehead atoms. The lowest BCUT2D eigenvalue weighted by molar-refractivity contribution is -0.148. The molecule has 1 unspecified atom stereocenters. The summed E-state index contributed by atoms with van der Waals surface area (Å²) in [6, 6.07) is 24.3. The first kappa shape index (κ1) is 25.6. The molecule has 4 aromatic carbocycles. The summed E-state index contributed by atoms with van der Waals surface area (Å²) in [4.78, 5) is 25.2. The number of hydrogen-bond acceptors (Lipinski definition) is 5. The molecule has 38 heavy (non-hydrogen) atoms. The van der Waals surface area contributed by atoms with Crippen molar-refractivity contribution >= 4 is 38.4 Å². The Morgan fingerprint density at radius 3 is 2.42 bits per heavy atom. The fourth-order valence-corrected chi connectivity index (χ4v) is 6.30. The maximum Gasteiger partial charge on any atom is 0.308 e. The topological polar surface area (TPSA) is 92.8 Å². The molecule has 9 heteroatoms. The molecule has 0 fully saturated rings. The molecule has 1 atom stereocenters. The van der Waals surface area contributed by atoms with Crippen LogP contribution in [0.1, 0.15) is 23.6 Å². The second-order valence-corrected chi connectivity index (χ2v) is 10.9. The standard InChI is InChI=1S/C29H25FN2O5S/c30-23-10-13-25(14-11-23)38(35,36)32-16-15-21-6-3-4-8-26(21)27(32)18-29(34)37-19-28(33)31-24-12-9-20-5-1-2-7-22(20)17-24/h1-14,17,27H,15-16,18-19H2,(H,31,33). The molecule has 0 spiro atoms. The zero-order valence-electron chi connectivity index (χ0n) is 20.3. The Hall–Kier alpha value is -4.08. The SMILES string of the molecule is O=C(COC(=O)CC1c2ccccc2CCN1S(=O)(=O)c1ccc(F)cc1)Nc1ccc2ccccc2c1. The van der Waals surface area contributed by atoms with Crippen molar-refractivity contribution in [2.45, 2.75) is 23.8 Å². The molecule has 0 aliphatic carbocycles. The lowest BCUT2D eigenvalue weighted by Gasteiger charge is -2.36. The molecule has 1 N–H and O–H groups in total. The zero-order valence-corrected chi connectivity index (χ0v) is 21.2. The number of rotatable bonds is 7. The molecular formula is C29H25FN2O5S. The van der Waals surface area contributed by atoms with Gasteiger partial charge in [0.1, 0.15) is 5.82 Å². The van der Waals surface area contributed by atoms with Crippen LogP contribution < -0.4 is 5.32 Å². The first-order chi connectivity index (χ1) is 18.3. The number of nitrogens with zero attached hydrogens (tertiary/aromatic N) is 1. The summed E-state index contributed by atoms with van der Waals surface area (Å²) >= 11 is 0. The van der Waals surface area contributed by atoms with E-state index in [0.29, 0.717) is 17.7 Å². The fourth-order valence-electron chi connectivity index (χ4n) is 4.70. The average molecular weight is 533 g/mol. The van der Waals surface area contributed by atoms with Crippen molar-refractivity contribution < 1.29 is 27.1 Å². The average Bonchev–Trinajstić information content (AvgIpc) is 2.92. The summed E-state index contributed by atoms with van der Waals surface area (Å²) in [5, 5.41) is 4.71. The minimum atomic E-state index is -4.03. The van der Waals surface area contributed by atoms with Crippen LogP contribution in [0.5, 0.6) is 0 Å². The number of carbonyl (C=O) groups is 2. The van der Waals surface area contributed by atoms with Crippen molar-refractivity contribution in [2.75, 3.05) is 18.5 Å². The quantitative estimate of drug-likeness (QED) is 0.344. The molecule has 0 aromatic heterocycles. The molecule has 1 amide bonds. The molecule has 0 saturated heterocycles. The van der Waals surface area contributed by atoms with E-state index >= 15 is 0 Å². The van der Waals surface area contributed by atoms with Crippen LogP contribution >= 0.6 is 0 Å². The normalized spacial score (nSPS) is 15.6. The second kappa shape index (κ2) is 10.7. The van der Waals surface area contributed by atoms with E-state index in [-0.39, 0.29) is 17.9 Å². The number of carbonyl (C=O) groups excluding carboxylic acids is 2. The number of ether oxygens (including phenoxy) is 1. The molecule has 1 aliphatic rings. The van der Waals surface area contributed by atoms with E-state index in [9.17, 15) is 22.4 Å². The summed E-state index contributed by atoms with van der Waals surface area (Å²) in [7, 11) is -4.03. The van der Waals surface area contributed by atoms with Gasteiger partial charge in [-0.2, -0.15) is 4.31 Å². The Labute approximate surface area is 219 Å². The van der Waals surface area contributed by atoms with E-state index in [1.807, 2.05) is 48.5 Å². The van der Waals surface area contributed by atoms with Gasteiger partial charge in [-0.05, 0) is 64.7 Å². The Morgan fingerprint density at radius 2 is 1.63 bits per heavy atom. The lowest BCUT2D eigenvalue weighted by Crippen LogP contribution is -2.41. The third-order valence-electron chi connectivity index (χ3n) is 6.54. The van der Waals surface area contributed by atoms with Gasteiger partial charge in [0.05, 0.1) is 17.4 Å². The van der Waals surface area contributed by atoms with Crippen LogP contribution in [0.4, 0.5) is 10.1 Å². The van der Waals surface area contributed by atoms with Crippen LogP contribution in [-0.4, -0.2) is 37.8 Å². The molecule has 0 radical (unpaired) electrons. The van der Waals surface area contributed by atoms with Gasteiger partial charge in [0, 0.05) is 12.2 Å². The number of esters is 1. The number of hydrogen-bond donors (Lipinski definition) is 1. The lowest BCUT2D eigenvalue weighted by atomic mass is 9.92. The van der Waals surface area contributed by atoms with Crippen molar-refractivity contribution in [2.24, 2.45) is 0 Å². The highest BCUT2D eigenvalue weighted by atomic mass is 32.2. The molecule has 7 nitrogen and oxygen atoms in total. The monoisotopic (exact) mass is 532 g/mol. The predicted molar refractivity (Wildman–Crippen MR) is 141 cm³/mol. The van der Waals surface area contributed by atoms with Crippen LogP contribution in [-0.2, 0) is 30.8 Å². The number of halogens is 1. The van der Waals surface area contributed by atoms with Crippen molar-refractivity contribution in [1.29, 1.82) is 0 Å². The van der Waals surface area contributed by atoms with Gasteiger partial charge in [0.15, 0.2) is 6.61 Å². The molecule has 194 valence electrons. The van der Waals surface area contributed by atoms with Crippen LogP contribution in [0.3, 0.4) is 0 Å². The van der Waals surface area contributed by atoms with Gasteiger partial charge in [-0.3, -0.25) is 9.59 Å². The van der Waals surface area contributed by atoms with E-state index in [1.165, 1.54) is 16.4 Å². The highest BCUT2D eigenvalue weighted by Crippen LogP contribution is 2.36. The molecular weight excluding hydrogens is 507 g/mol. The first-order valence-corrected chi connectivity index (χ1v) is 13.5. The Kier molecular flexibility index (Phi) is 7.22. The van der Waals surface area contributed by atoms with Crippen LogP contribution in [0.2, 0.25) is 0 Å². The maximum atomic E-state index is 13.4. The number of amides is 1. The van der Waals surface area contributed by atoms with E-state index in [4.69, 9.17) is 4.74 Å². The van der Waals surface area contributed by atoms with Gasteiger partial charge in [0.2, 0.25) is 10.0 Å². The minimum Gasteiger partial charge on any atom is -0.456 e. The van der Waals surface area contributed by atoms with Crippen LogP contribution in [0.25, 0.3) is 10.8 Å². The number of anilines is 1. The van der Waals surface area contributed by atoms with Gasteiger partial charge in [-0.15, -0.1) is 0 Å². The summed E-state index contributed by atoms with van der Waals surface area (Å²) < 4.78 is 46.8. The number of nitrogens with one attached hydrogen (secondary N) is 1. The van der Waals surface area contributed by atoms with Crippen molar-refractivity contribution in [3.8, 4) is 0 Å². The minimum absolute atomic E-state index is 0.0635. The summed E-state index contributed by atoms with van der Waals surface area (Å²) in [5.74, 6) is -1.76. The Morgan fingerprint density at radius 1 is 0.921 bits per heavy atom.